The minimum absolute atomic E-state index is 0.136. The monoisotopic (exact) mass is 443 g/mol. The number of para-hydroxylation sites is 2. The zero-order valence-corrected chi connectivity index (χ0v) is 19.4. The molecule has 3 rings (SSSR count). The molecule has 2 aromatic carbocycles. The van der Waals surface area contributed by atoms with Gasteiger partial charge in [-0.15, -0.1) is 0 Å². The highest BCUT2D eigenvalue weighted by Crippen LogP contribution is 2.23. The Labute approximate surface area is 183 Å². The fourth-order valence-electron chi connectivity index (χ4n) is 3.65. The topological polar surface area (TPSA) is 81.5 Å². The van der Waals surface area contributed by atoms with Crippen LogP contribution in [-0.2, 0) is 26.1 Å². The lowest BCUT2D eigenvalue weighted by Gasteiger charge is -2.26. The number of benzene rings is 2. The van der Waals surface area contributed by atoms with Gasteiger partial charge in [-0.3, -0.25) is 4.79 Å². The number of aromatic nitrogens is 2. The molecule has 0 aliphatic heterocycles. The van der Waals surface area contributed by atoms with E-state index in [2.05, 4.69) is 9.55 Å². The summed E-state index contributed by atoms with van der Waals surface area (Å²) in [6.45, 7) is 6.41. The summed E-state index contributed by atoms with van der Waals surface area (Å²) in [4.78, 5) is 16.9. The normalized spacial score (nSPS) is 13.1. The molecule has 0 bridgehead atoms. The van der Waals surface area contributed by atoms with Gasteiger partial charge in [-0.25, -0.2) is 13.4 Å². The number of esters is 1. The Morgan fingerprint density at radius 3 is 2.39 bits per heavy atom. The highest BCUT2D eigenvalue weighted by molar-refractivity contribution is 7.89. The first-order chi connectivity index (χ1) is 14.6. The third-order valence-corrected chi connectivity index (χ3v) is 7.27. The van der Waals surface area contributed by atoms with E-state index in [0.29, 0.717) is 13.0 Å². The molecule has 0 unspecified atom stereocenters. The van der Waals surface area contributed by atoms with Gasteiger partial charge in [0.05, 0.1) is 23.0 Å². The van der Waals surface area contributed by atoms with Crippen LogP contribution in [0.25, 0.3) is 11.0 Å². The smallest absolute Gasteiger partial charge is 0.324 e. The summed E-state index contributed by atoms with van der Waals surface area (Å²) in [6.07, 6.45) is 0.382. The van der Waals surface area contributed by atoms with Crippen molar-refractivity contribution in [2.75, 3.05) is 14.2 Å². The third-order valence-electron chi connectivity index (χ3n) is 5.39. The molecule has 1 aromatic heterocycles. The molecule has 0 spiro atoms. The van der Waals surface area contributed by atoms with Crippen LogP contribution in [-0.4, -0.2) is 48.4 Å². The van der Waals surface area contributed by atoms with Crippen molar-refractivity contribution < 1.29 is 17.9 Å². The first-order valence-electron chi connectivity index (χ1n) is 10.2. The van der Waals surface area contributed by atoms with E-state index in [4.69, 9.17) is 4.74 Å². The summed E-state index contributed by atoms with van der Waals surface area (Å²) in [5, 5.41) is 0. The van der Waals surface area contributed by atoms with Gasteiger partial charge in [0, 0.05) is 13.6 Å². The minimum atomic E-state index is -3.85. The molecule has 0 fully saturated rings. The molecule has 8 heteroatoms. The standard InChI is InChI=1S/C23H29N3O4S/c1-16(2)14-22(23(27)30-5)25(4)31(28,29)19-12-10-18(11-13-19)15-26-17(3)24-20-8-6-7-9-21(20)26/h6-13,16,22H,14-15H2,1-5H3/t22-/m0/s1. The fourth-order valence-corrected chi connectivity index (χ4v) is 4.97. The average molecular weight is 444 g/mol. The number of sulfonamides is 1. The molecule has 1 heterocycles. The van der Waals surface area contributed by atoms with E-state index in [0.717, 1.165) is 26.7 Å². The molecule has 0 radical (unpaired) electrons. The maximum absolute atomic E-state index is 13.1. The second kappa shape index (κ2) is 9.20. The number of fused-ring (bicyclic) bond motifs is 1. The molecular weight excluding hydrogens is 414 g/mol. The van der Waals surface area contributed by atoms with Crippen LogP contribution in [0.4, 0.5) is 0 Å². The number of rotatable bonds is 8. The Hall–Kier alpha value is -2.71. The fraction of sp³-hybridized carbons (Fsp3) is 0.391. The lowest BCUT2D eigenvalue weighted by Crippen LogP contribution is -2.43. The summed E-state index contributed by atoms with van der Waals surface area (Å²) in [5.74, 6) is 0.475. The SMILES string of the molecule is COC(=O)[C@H](CC(C)C)N(C)S(=O)(=O)c1ccc(Cn2c(C)nc3ccccc32)cc1. The van der Waals surface area contributed by atoms with E-state index < -0.39 is 22.0 Å². The number of aryl methyl sites for hydroxylation is 1. The number of carbonyl (C=O) groups is 1. The molecule has 0 saturated heterocycles. The van der Waals surface area contributed by atoms with E-state index in [1.165, 1.54) is 14.2 Å². The second-order valence-electron chi connectivity index (χ2n) is 8.07. The Kier molecular flexibility index (Phi) is 6.81. The molecular formula is C23H29N3O4S. The van der Waals surface area contributed by atoms with Gasteiger partial charge >= 0.3 is 5.97 Å². The number of methoxy groups -OCH3 is 1. The van der Waals surface area contributed by atoms with Crippen LogP contribution in [0, 0.1) is 12.8 Å². The Morgan fingerprint density at radius 1 is 1.13 bits per heavy atom. The van der Waals surface area contributed by atoms with Crippen LogP contribution in [0.3, 0.4) is 0 Å². The van der Waals surface area contributed by atoms with Crippen LogP contribution >= 0.6 is 0 Å². The van der Waals surface area contributed by atoms with Gasteiger partial charge < -0.3 is 9.30 Å². The van der Waals surface area contributed by atoms with Crippen molar-refractivity contribution in [3.8, 4) is 0 Å². The highest BCUT2D eigenvalue weighted by Gasteiger charge is 2.34. The Balaban J connectivity index is 1.85. The van der Waals surface area contributed by atoms with Gasteiger partial charge in [0.15, 0.2) is 0 Å². The average Bonchev–Trinajstić information content (AvgIpc) is 3.06. The lowest BCUT2D eigenvalue weighted by atomic mass is 10.0. The number of hydrogen-bond acceptors (Lipinski definition) is 5. The van der Waals surface area contributed by atoms with Crippen molar-refractivity contribution in [3.05, 3.63) is 59.9 Å². The summed E-state index contributed by atoms with van der Waals surface area (Å²) in [6, 6.07) is 13.8. The summed E-state index contributed by atoms with van der Waals surface area (Å²) in [5.41, 5.74) is 2.92. The third kappa shape index (κ3) is 4.80. The molecule has 7 nitrogen and oxygen atoms in total. The molecule has 0 amide bonds. The number of hydrogen-bond donors (Lipinski definition) is 0. The van der Waals surface area contributed by atoms with Crippen molar-refractivity contribution in [1.82, 2.24) is 13.9 Å². The van der Waals surface area contributed by atoms with Crippen LogP contribution in [0.2, 0.25) is 0 Å². The first-order valence-corrected chi connectivity index (χ1v) is 11.7. The first kappa shape index (κ1) is 23.0. The molecule has 0 aliphatic carbocycles. The largest absolute Gasteiger partial charge is 0.468 e. The number of likely N-dealkylation sites (N-methyl/N-ethyl adjacent to an activating group) is 1. The van der Waals surface area contributed by atoms with E-state index in [1.54, 1.807) is 24.3 Å². The minimum Gasteiger partial charge on any atom is -0.468 e. The number of nitrogens with zero attached hydrogens (tertiary/aromatic N) is 3. The summed E-state index contributed by atoms with van der Waals surface area (Å²) < 4.78 is 34.3. The molecule has 166 valence electrons. The molecule has 3 aromatic rings. The molecule has 0 N–H and O–H groups in total. The van der Waals surface area contributed by atoms with Crippen LogP contribution in [0.15, 0.2) is 53.4 Å². The van der Waals surface area contributed by atoms with Gasteiger partial charge in [-0.2, -0.15) is 4.31 Å². The van der Waals surface area contributed by atoms with E-state index in [-0.39, 0.29) is 10.8 Å². The van der Waals surface area contributed by atoms with Crippen molar-refractivity contribution >= 4 is 27.0 Å². The van der Waals surface area contributed by atoms with Gasteiger partial charge in [0.25, 0.3) is 0 Å². The zero-order valence-electron chi connectivity index (χ0n) is 18.6. The number of imidazole rings is 1. The Morgan fingerprint density at radius 2 is 1.77 bits per heavy atom. The quantitative estimate of drug-likeness (QED) is 0.497. The number of ether oxygens (including phenoxy) is 1. The van der Waals surface area contributed by atoms with Gasteiger partial charge in [0.1, 0.15) is 11.9 Å². The predicted octanol–water partition coefficient (Wildman–Crippen LogP) is 3.60. The second-order valence-corrected chi connectivity index (χ2v) is 10.1. The summed E-state index contributed by atoms with van der Waals surface area (Å²) >= 11 is 0. The zero-order chi connectivity index (χ0) is 22.8. The van der Waals surface area contributed by atoms with Gasteiger partial charge in [-0.05, 0) is 49.1 Å². The molecule has 31 heavy (non-hydrogen) atoms. The summed E-state index contributed by atoms with van der Waals surface area (Å²) in [7, 11) is -1.15. The van der Waals surface area contributed by atoms with Crippen molar-refractivity contribution in [1.29, 1.82) is 0 Å². The van der Waals surface area contributed by atoms with Crippen LogP contribution in [0.1, 0.15) is 31.7 Å². The molecule has 0 aliphatic rings. The van der Waals surface area contributed by atoms with Crippen molar-refractivity contribution in [2.45, 2.75) is 44.7 Å². The van der Waals surface area contributed by atoms with Crippen molar-refractivity contribution in [3.63, 3.8) is 0 Å². The van der Waals surface area contributed by atoms with E-state index in [1.807, 2.05) is 45.0 Å². The lowest BCUT2D eigenvalue weighted by molar-refractivity contribution is -0.145. The van der Waals surface area contributed by atoms with E-state index in [9.17, 15) is 13.2 Å². The highest BCUT2D eigenvalue weighted by atomic mass is 32.2. The molecule has 1 atom stereocenters. The number of carbonyl (C=O) groups excluding carboxylic acids is 1. The maximum Gasteiger partial charge on any atom is 0.324 e. The van der Waals surface area contributed by atoms with Crippen molar-refractivity contribution in [2.24, 2.45) is 5.92 Å². The van der Waals surface area contributed by atoms with Gasteiger partial charge in [-0.1, -0.05) is 38.1 Å². The molecule has 0 saturated carbocycles. The maximum atomic E-state index is 13.1. The predicted molar refractivity (Wildman–Crippen MR) is 120 cm³/mol. The van der Waals surface area contributed by atoms with E-state index >= 15 is 0 Å². The van der Waals surface area contributed by atoms with Crippen LogP contribution < -0.4 is 0 Å². The van der Waals surface area contributed by atoms with Gasteiger partial charge in [0.2, 0.25) is 10.0 Å². The Bertz CT molecular complexity index is 1170. The van der Waals surface area contributed by atoms with Crippen LogP contribution in [0.5, 0.6) is 0 Å².